The number of amides is 2. The van der Waals surface area contributed by atoms with Crippen molar-refractivity contribution in [2.75, 3.05) is 13.2 Å². The summed E-state index contributed by atoms with van der Waals surface area (Å²) in [6.07, 6.45) is -36.5. The first kappa shape index (κ1) is 42.9. The van der Waals surface area contributed by atoms with Crippen LogP contribution in [0.15, 0.2) is 0 Å². The Bertz CT molecular complexity index is 1300. The molecule has 4 rings (SSSR count). The molecule has 4 aliphatic rings. The molecule has 0 aliphatic carbocycles. The highest BCUT2D eigenvalue weighted by molar-refractivity contribution is 5.74. The predicted octanol–water partition coefficient (Wildman–Crippen LogP) is -9.28. The standard InChI is InChI=1S/C28H44N2O23/c1-5(33)29-9-18(11(35)7(3-31)47-25(9)46)49-28-17(41)15(39)20(22(53-28)24(44)45)51-26-10(30-6(2)34)19(12(36)8(4-32)48-26)50-27-16(40)13(37)14(38)21(52-27)23(42)43/h7-22,25-28,31-32,35-41,46H,3-4H2,1-2H3,(H,29,33)(H,30,34)(H,42,43)(H,44,45)/t7-,8-,9-,10-,11-,12-,13+,14?,15-,16-,17-,18-,19?,20+,21+,22?,25?,26+,27+,28-/m1/s1. The molecule has 0 radical (unpaired) electrons. The van der Waals surface area contributed by atoms with Crippen LogP contribution in [0, 0.1) is 0 Å². The molecular formula is C28H44N2O23. The van der Waals surface area contributed by atoms with Crippen LogP contribution in [0.2, 0.25) is 0 Å². The molecule has 0 saturated carbocycles. The van der Waals surface area contributed by atoms with E-state index in [0.717, 1.165) is 13.8 Å². The van der Waals surface area contributed by atoms with Crippen LogP contribution in [0.3, 0.4) is 0 Å². The Balaban J connectivity index is 1.62. The number of ether oxygens (including phenoxy) is 7. The zero-order valence-electron chi connectivity index (χ0n) is 27.8. The molecule has 4 heterocycles. The Morgan fingerprint density at radius 2 is 0.943 bits per heavy atom. The number of nitrogens with one attached hydrogen (secondary N) is 2. The van der Waals surface area contributed by atoms with Crippen molar-refractivity contribution in [2.45, 2.75) is 137 Å². The van der Waals surface area contributed by atoms with E-state index in [1.165, 1.54) is 0 Å². The quantitative estimate of drug-likeness (QED) is 0.0875. The van der Waals surface area contributed by atoms with Crippen LogP contribution in [0.5, 0.6) is 0 Å². The van der Waals surface area contributed by atoms with Crippen molar-refractivity contribution in [1.82, 2.24) is 10.6 Å². The van der Waals surface area contributed by atoms with Gasteiger partial charge in [0.1, 0.15) is 85.3 Å². The van der Waals surface area contributed by atoms with Crippen LogP contribution >= 0.6 is 0 Å². The summed E-state index contributed by atoms with van der Waals surface area (Å²) in [6.45, 7) is 0.116. The van der Waals surface area contributed by atoms with Crippen molar-refractivity contribution < 1.29 is 114 Å². The first-order valence-electron chi connectivity index (χ1n) is 16.1. The van der Waals surface area contributed by atoms with Gasteiger partial charge in [0.15, 0.2) is 37.4 Å². The molecule has 0 aromatic rings. The molecule has 4 unspecified atom stereocenters. The highest BCUT2D eigenvalue weighted by Crippen LogP contribution is 2.34. The van der Waals surface area contributed by atoms with Gasteiger partial charge in [0.25, 0.3) is 0 Å². The van der Waals surface area contributed by atoms with Gasteiger partial charge in [-0.25, -0.2) is 9.59 Å². The van der Waals surface area contributed by atoms with E-state index in [0.29, 0.717) is 0 Å². The molecule has 0 aromatic carbocycles. The molecule has 4 aliphatic heterocycles. The number of aliphatic hydroxyl groups excluding tert-OH is 10. The molecule has 14 N–H and O–H groups in total. The Morgan fingerprint density at radius 1 is 0.509 bits per heavy atom. The van der Waals surface area contributed by atoms with Crippen LogP contribution in [0.25, 0.3) is 0 Å². The Labute approximate surface area is 298 Å². The number of carbonyl (C=O) groups is 4. The molecule has 25 nitrogen and oxygen atoms in total. The van der Waals surface area contributed by atoms with Gasteiger partial charge in [-0.15, -0.1) is 0 Å². The molecule has 53 heavy (non-hydrogen) atoms. The third-order valence-corrected chi connectivity index (χ3v) is 8.94. The number of carboxylic acids is 2. The SMILES string of the molecule is CC(=O)N[C@@H]1C(O[C@H]2O[C@H](C(=O)O)C(O)[C@H](O)[C@H]2O)[C@H](O)[C@@H](CO)O[C@H]1O[C@@H]1C(C(=O)O)O[C@@H](O[C@H]2[C@H](O)[C@@H](CO)OC(O)[C@@H]2NC(C)=O)[C@H](O)[C@H]1O. The third-order valence-electron chi connectivity index (χ3n) is 8.94. The van der Waals surface area contributed by atoms with Crippen LogP contribution < -0.4 is 10.6 Å². The van der Waals surface area contributed by atoms with Crippen molar-refractivity contribution in [2.24, 2.45) is 0 Å². The van der Waals surface area contributed by atoms with E-state index in [9.17, 15) is 80.5 Å². The normalized spacial score (nSPS) is 46.3. The van der Waals surface area contributed by atoms with E-state index in [1.54, 1.807) is 0 Å². The number of aliphatic hydroxyl groups is 10. The van der Waals surface area contributed by atoms with E-state index in [2.05, 4.69) is 10.6 Å². The topological polar surface area (TPSA) is 400 Å². The molecule has 4 fully saturated rings. The summed E-state index contributed by atoms with van der Waals surface area (Å²) in [5.74, 6) is -5.28. The Morgan fingerprint density at radius 3 is 1.43 bits per heavy atom. The lowest BCUT2D eigenvalue weighted by Gasteiger charge is -2.49. The molecule has 2 amide bonds. The van der Waals surface area contributed by atoms with Gasteiger partial charge in [0.05, 0.1) is 13.2 Å². The second kappa shape index (κ2) is 17.8. The summed E-state index contributed by atoms with van der Waals surface area (Å²) in [6, 6.07) is -3.38. The predicted molar refractivity (Wildman–Crippen MR) is 158 cm³/mol. The Kier molecular flexibility index (Phi) is 14.4. The molecular weight excluding hydrogens is 732 g/mol. The largest absolute Gasteiger partial charge is 0.479 e. The maximum absolute atomic E-state index is 12.5. The van der Waals surface area contributed by atoms with Crippen molar-refractivity contribution in [3.8, 4) is 0 Å². The third kappa shape index (κ3) is 9.19. The van der Waals surface area contributed by atoms with E-state index < -0.39 is 160 Å². The lowest BCUT2D eigenvalue weighted by Crippen LogP contribution is -2.70. The number of carbonyl (C=O) groups excluding carboxylic acids is 2. The van der Waals surface area contributed by atoms with Crippen LogP contribution in [-0.2, 0) is 52.3 Å². The minimum absolute atomic E-state index is 0.752. The molecule has 4 saturated heterocycles. The van der Waals surface area contributed by atoms with Gasteiger partial charge in [-0.3, -0.25) is 9.59 Å². The molecule has 0 aromatic heterocycles. The van der Waals surface area contributed by atoms with Crippen molar-refractivity contribution in [1.29, 1.82) is 0 Å². The van der Waals surface area contributed by atoms with Gasteiger partial charge in [-0.1, -0.05) is 0 Å². The van der Waals surface area contributed by atoms with E-state index in [1.807, 2.05) is 0 Å². The van der Waals surface area contributed by atoms with Gasteiger partial charge in [0.2, 0.25) is 11.8 Å². The van der Waals surface area contributed by atoms with Crippen molar-refractivity contribution in [3.63, 3.8) is 0 Å². The summed E-state index contributed by atoms with van der Waals surface area (Å²) in [4.78, 5) is 48.2. The average Bonchev–Trinajstić information content (AvgIpc) is 3.08. The van der Waals surface area contributed by atoms with E-state index in [-0.39, 0.29) is 0 Å². The van der Waals surface area contributed by atoms with Gasteiger partial charge in [-0.05, 0) is 0 Å². The zero-order chi connectivity index (χ0) is 39.6. The summed E-state index contributed by atoms with van der Waals surface area (Å²) >= 11 is 0. The zero-order valence-corrected chi connectivity index (χ0v) is 27.8. The summed E-state index contributed by atoms with van der Waals surface area (Å²) in [7, 11) is 0. The average molecular weight is 777 g/mol. The van der Waals surface area contributed by atoms with Crippen LogP contribution in [0.1, 0.15) is 13.8 Å². The summed E-state index contributed by atoms with van der Waals surface area (Å²) < 4.78 is 38.0. The number of rotatable bonds is 12. The van der Waals surface area contributed by atoms with Crippen LogP contribution in [0.4, 0.5) is 0 Å². The molecule has 0 spiro atoms. The van der Waals surface area contributed by atoms with Crippen molar-refractivity contribution >= 4 is 23.8 Å². The highest BCUT2D eigenvalue weighted by atomic mass is 16.8. The number of carboxylic acid groups (broad SMARTS) is 2. The van der Waals surface area contributed by atoms with Gasteiger partial charge >= 0.3 is 11.9 Å². The van der Waals surface area contributed by atoms with Crippen molar-refractivity contribution in [3.05, 3.63) is 0 Å². The first-order valence-corrected chi connectivity index (χ1v) is 16.1. The number of aliphatic carboxylic acids is 2. The van der Waals surface area contributed by atoms with Gasteiger partial charge in [0, 0.05) is 13.8 Å². The fourth-order valence-corrected chi connectivity index (χ4v) is 6.30. The minimum atomic E-state index is -2.30. The molecule has 20 atom stereocenters. The van der Waals surface area contributed by atoms with Crippen LogP contribution in [-0.4, -0.2) is 221 Å². The summed E-state index contributed by atoms with van der Waals surface area (Å²) in [5.41, 5.74) is 0. The molecule has 0 bridgehead atoms. The number of hydrogen-bond donors (Lipinski definition) is 14. The number of hydrogen-bond acceptors (Lipinski definition) is 21. The van der Waals surface area contributed by atoms with Gasteiger partial charge in [-0.2, -0.15) is 0 Å². The monoisotopic (exact) mass is 776 g/mol. The first-order chi connectivity index (χ1) is 24.8. The smallest absolute Gasteiger partial charge is 0.335 e. The lowest BCUT2D eigenvalue weighted by atomic mass is 9.94. The maximum atomic E-state index is 12.5. The van der Waals surface area contributed by atoms with E-state index >= 15 is 0 Å². The second-order valence-corrected chi connectivity index (χ2v) is 12.7. The summed E-state index contributed by atoms with van der Waals surface area (Å²) in [5, 5.41) is 129. The van der Waals surface area contributed by atoms with E-state index in [4.69, 9.17) is 33.2 Å². The fraction of sp³-hybridized carbons (Fsp3) is 0.857. The lowest BCUT2D eigenvalue weighted by molar-refractivity contribution is -0.368. The minimum Gasteiger partial charge on any atom is -0.479 e. The fourth-order valence-electron chi connectivity index (χ4n) is 6.30. The Hall–Kier alpha value is -2.80. The van der Waals surface area contributed by atoms with Gasteiger partial charge < -0.3 is 105 Å². The molecule has 304 valence electrons. The molecule has 25 heteroatoms. The maximum Gasteiger partial charge on any atom is 0.335 e. The highest BCUT2D eigenvalue weighted by Gasteiger charge is 2.57. The second-order valence-electron chi connectivity index (χ2n) is 12.7.